The fourth-order valence-electron chi connectivity index (χ4n) is 3.23. The lowest BCUT2D eigenvalue weighted by molar-refractivity contribution is 0.144. The van der Waals surface area contributed by atoms with Crippen molar-refractivity contribution in [3.8, 4) is 5.69 Å². The summed E-state index contributed by atoms with van der Waals surface area (Å²) in [6, 6.07) is 7.98. The lowest BCUT2D eigenvalue weighted by atomic mass is 10.1. The Morgan fingerprint density at radius 3 is 2.73 bits per heavy atom. The van der Waals surface area contributed by atoms with Gasteiger partial charge in [-0.1, -0.05) is 18.2 Å². The predicted molar refractivity (Wildman–Crippen MR) is 102 cm³/mol. The number of likely N-dealkylation sites (N-methyl/N-ethyl adjacent to an activating group) is 1. The molecule has 2 amide bonds. The van der Waals surface area contributed by atoms with E-state index < -0.39 is 0 Å². The summed E-state index contributed by atoms with van der Waals surface area (Å²) in [7, 11) is 2.15. The summed E-state index contributed by atoms with van der Waals surface area (Å²) in [5, 5.41) is 6.00. The summed E-state index contributed by atoms with van der Waals surface area (Å²) in [5.74, 6) is 0. The van der Waals surface area contributed by atoms with Crippen molar-refractivity contribution in [1.29, 1.82) is 0 Å². The van der Waals surface area contributed by atoms with Gasteiger partial charge in [-0.25, -0.2) is 9.78 Å². The number of amides is 2. The summed E-state index contributed by atoms with van der Waals surface area (Å²) in [6.07, 6.45) is 5.41. The molecular formula is C19H28N6O. The van der Waals surface area contributed by atoms with Crippen LogP contribution in [0.3, 0.4) is 0 Å². The highest BCUT2D eigenvalue weighted by molar-refractivity contribution is 5.74. The summed E-state index contributed by atoms with van der Waals surface area (Å²) < 4.78 is 1.95. The van der Waals surface area contributed by atoms with Gasteiger partial charge in [0.25, 0.3) is 0 Å². The molecule has 7 nitrogen and oxygen atoms in total. The Morgan fingerprint density at radius 2 is 2.00 bits per heavy atom. The molecule has 1 atom stereocenters. The van der Waals surface area contributed by atoms with Gasteiger partial charge in [-0.2, -0.15) is 0 Å². The van der Waals surface area contributed by atoms with Gasteiger partial charge in [0, 0.05) is 57.7 Å². The summed E-state index contributed by atoms with van der Waals surface area (Å²) in [6.45, 7) is 7.70. The fourth-order valence-corrected chi connectivity index (χ4v) is 3.23. The van der Waals surface area contributed by atoms with E-state index in [2.05, 4.69) is 39.4 Å². The zero-order chi connectivity index (χ0) is 18.4. The molecule has 1 aliphatic rings. The van der Waals surface area contributed by atoms with Gasteiger partial charge in [-0.05, 0) is 25.6 Å². The van der Waals surface area contributed by atoms with E-state index in [0.29, 0.717) is 6.54 Å². The molecule has 0 radical (unpaired) electrons. The van der Waals surface area contributed by atoms with Gasteiger partial charge in [0.05, 0.1) is 12.0 Å². The molecule has 1 aliphatic heterocycles. The van der Waals surface area contributed by atoms with Gasteiger partial charge >= 0.3 is 6.03 Å². The minimum Gasteiger partial charge on any atom is -0.334 e. The topological polar surface area (TPSA) is 65.4 Å². The molecule has 26 heavy (non-hydrogen) atoms. The van der Waals surface area contributed by atoms with E-state index in [4.69, 9.17) is 0 Å². The highest BCUT2D eigenvalue weighted by Gasteiger charge is 2.17. The fraction of sp³-hybridized carbons (Fsp3) is 0.474. The van der Waals surface area contributed by atoms with Gasteiger partial charge in [-0.3, -0.25) is 4.90 Å². The van der Waals surface area contributed by atoms with Crippen LogP contribution < -0.4 is 10.6 Å². The lowest BCUT2D eigenvalue weighted by Gasteiger charge is -2.34. The number of piperazine rings is 1. The number of para-hydroxylation sites is 1. The Bertz CT molecular complexity index is 694. The number of hydrogen-bond donors (Lipinski definition) is 2. The maximum Gasteiger partial charge on any atom is 0.315 e. The molecule has 0 aliphatic carbocycles. The molecule has 0 saturated carbocycles. The van der Waals surface area contributed by atoms with E-state index in [1.807, 2.05) is 35.0 Å². The first-order valence-corrected chi connectivity index (χ1v) is 9.13. The van der Waals surface area contributed by atoms with Crippen LogP contribution in [0.4, 0.5) is 4.79 Å². The van der Waals surface area contributed by atoms with E-state index in [-0.39, 0.29) is 12.1 Å². The van der Waals surface area contributed by atoms with Crippen LogP contribution in [0.1, 0.15) is 12.5 Å². The Hall–Kier alpha value is -2.38. The second-order valence-corrected chi connectivity index (χ2v) is 6.93. The van der Waals surface area contributed by atoms with Crippen molar-refractivity contribution < 1.29 is 4.79 Å². The van der Waals surface area contributed by atoms with E-state index in [0.717, 1.165) is 44.0 Å². The van der Waals surface area contributed by atoms with Gasteiger partial charge in [0.1, 0.15) is 0 Å². The van der Waals surface area contributed by atoms with Crippen LogP contribution in [0, 0.1) is 0 Å². The monoisotopic (exact) mass is 356 g/mol. The van der Waals surface area contributed by atoms with Crippen LogP contribution in [-0.4, -0.2) is 71.2 Å². The number of nitrogens with zero attached hydrogens (tertiary/aromatic N) is 4. The lowest BCUT2D eigenvalue weighted by Crippen LogP contribution is -2.51. The van der Waals surface area contributed by atoms with Crippen molar-refractivity contribution in [1.82, 2.24) is 30.0 Å². The largest absolute Gasteiger partial charge is 0.334 e. The van der Waals surface area contributed by atoms with Gasteiger partial charge < -0.3 is 20.1 Å². The molecule has 2 N–H and O–H groups in total. The molecule has 1 aromatic carbocycles. The third kappa shape index (κ3) is 5.06. The third-order valence-corrected chi connectivity index (χ3v) is 4.72. The van der Waals surface area contributed by atoms with E-state index in [1.165, 1.54) is 0 Å². The summed E-state index contributed by atoms with van der Waals surface area (Å²) >= 11 is 0. The van der Waals surface area contributed by atoms with Crippen molar-refractivity contribution in [3.05, 3.63) is 48.5 Å². The first kappa shape index (κ1) is 18.4. The molecule has 7 heteroatoms. The van der Waals surface area contributed by atoms with Gasteiger partial charge in [0.2, 0.25) is 0 Å². The number of aromatic nitrogens is 2. The van der Waals surface area contributed by atoms with Crippen molar-refractivity contribution in [2.45, 2.75) is 19.5 Å². The second-order valence-electron chi connectivity index (χ2n) is 6.93. The highest BCUT2D eigenvalue weighted by Crippen LogP contribution is 2.13. The number of urea groups is 1. The zero-order valence-corrected chi connectivity index (χ0v) is 15.6. The summed E-state index contributed by atoms with van der Waals surface area (Å²) in [4.78, 5) is 21.1. The Morgan fingerprint density at radius 1 is 1.23 bits per heavy atom. The summed E-state index contributed by atoms with van der Waals surface area (Å²) in [5.41, 5.74) is 2.07. The molecular weight excluding hydrogens is 328 g/mol. The van der Waals surface area contributed by atoms with Gasteiger partial charge in [0.15, 0.2) is 0 Å². The Kier molecular flexibility index (Phi) is 6.25. The highest BCUT2D eigenvalue weighted by atomic mass is 16.2. The maximum absolute atomic E-state index is 12.3. The number of carbonyl (C=O) groups excluding carboxylic acids is 1. The molecule has 1 saturated heterocycles. The molecule has 1 fully saturated rings. The minimum atomic E-state index is -0.132. The molecule has 1 unspecified atom stereocenters. The van der Waals surface area contributed by atoms with Crippen LogP contribution >= 0.6 is 0 Å². The molecule has 140 valence electrons. The smallest absolute Gasteiger partial charge is 0.315 e. The molecule has 1 aromatic heterocycles. The average Bonchev–Trinajstić information content (AvgIpc) is 3.16. The van der Waals surface area contributed by atoms with Crippen LogP contribution in [0.25, 0.3) is 5.69 Å². The maximum atomic E-state index is 12.3. The van der Waals surface area contributed by atoms with E-state index in [1.54, 1.807) is 12.5 Å². The van der Waals surface area contributed by atoms with Crippen LogP contribution in [0.15, 0.2) is 43.0 Å². The standard InChI is InChI=1S/C19H28N6O/c1-16(14-24-11-9-23(2)10-12-24)22-19(26)21-13-17-5-3-4-6-18(17)25-8-7-20-15-25/h3-8,15-16H,9-14H2,1-2H3,(H2,21,22,26). The molecule has 0 spiro atoms. The number of rotatable bonds is 6. The predicted octanol–water partition coefficient (Wildman–Crippen LogP) is 1.31. The molecule has 0 bridgehead atoms. The third-order valence-electron chi connectivity index (χ3n) is 4.72. The SMILES string of the molecule is CC(CN1CCN(C)CC1)NC(=O)NCc1ccccc1-n1ccnc1. The van der Waals surface area contributed by atoms with Crippen LogP contribution in [0.5, 0.6) is 0 Å². The molecule has 2 heterocycles. The Balaban J connectivity index is 1.47. The number of hydrogen-bond acceptors (Lipinski definition) is 4. The van der Waals surface area contributed by atoms with Crippen molar-refractivity contribution >= 4 is 6.03 Å². The van der Waals surface area contributed by atoms with E-state index >= 15 is 0 Å². The van der Waals surface area contributed by atoms with E-state index in [9.17, 15) is 4.79 Å². The normalized spacial score (nSPS) is 17.0. The van der Waals surface area contributed by atoms with Gasteiger partial charge in [-0.15, -0.1) is 0 Å². The number of nitrogens with one attached hydrogen (secondary N) is 2. The number of imidazole rings is 1. The van der Waals surface area contributed by atoms with Crippen molar-refractivity contribution in [2.24, 2.45) is 0 Å². The average molecular weight is 356 g/mol. The Labute approximate surface area is 155 Å². The zero-order valence-electron chi connectivity index (χ0n) is 15.6. The van der Waals surface area contributed by atoms with Crippen LogP contribution in [-0.2, 0) is 6.54 Å². The number of benzene rings is 1. The molecule has 3 rings (SSSR count). The van der Waals surface area contributed by atoms with Crippen LogP contribution in [0.2, 0.25) is 0 Å². The molecule has 2 aromatic rings. The first-order chi connectivity index (χ1) is 12.6. The van der Waals surface area contributed by atoms with Crippen molar-refractivity contribution in [3.63, 3.8) is 0 Å². The first-order valence-electron chi connectivity index (χ1n) is 9.13. The number of carbonyl (C=O) groups is 1. The second kappa shape index (κ2) is 8.82. The minimum absolute atomic E-state index is 0.113. The van der Waals surface area contributed by atoms with Crippen molar-refractivity contribution in [2.75, 3.05) is 39.8 Å². The quantitative estimate of drug-likeness (QED) is 0.819.